The van der Waals surface area contributed by atoms with Gasteiger partial charge >= 0.3 is 0 Å². The predicted octanol–water partition coefficient (Wildman–Crippen LogP) is 2.24. The van der Waals surface area contributed by atoms with Crippen LogP contribution in [0, 0.1) is 0 Å². The van der Waals surface area contributed by atoms with Crippen LogP contribution in [0.1, 0.15) is 12.5 Å². The Kier molecular flexibility index (Phi) is 2.73. The van der Waals surface area contributed by atoms with Gasteiger partial charge in [0.1, 0.15) is 0 Å². The van der Waals surface area contributed by atoms with Gasteiger partial charge in [-0.1, -0.05) is 30.3 Å². The van der Waals surface area contributed by atoms with Gasteiger partial charge in [-0.2, -0.15) is 0 Å². The summed E-state index contributed by atoms with van der Waals surface area (Å²) in [4.78, 5) is 1.94. The first-order valence-electron chi connectivity index (χ1n) is 4.99. The topological polar surface area (TPSA) is 15.3 Å². The minimum Gasteiger partial charge on any atom is -0.356 e. The molecule has 15 heavy (non-hydrogen) atoms. The summed E-state index contributed by atoms with van der Waals surface area (Å²) in [6.45, 7) is 2.12. The van der Waals surface area contributed by atoms with E-state index in [9.17, 15) is 0 Å². The number of nitrogens with one attached hydrogen (secondary N) is 1. The lowest BCUT2D eigenvalue weighted by Gasteiger charge is -2.30. The molecule has 0 saturated heterocycles. The molecule has 0 radical (unpaired) electrons. The van der Waals surface area contributed by atoms with Crippen molar-refractivity contribution in [3.63, 3.8) is 0 Å². The fraction of sp³-hybridized carbons (Fsp3) is 0.250. The van der Waals surface area contributed by atoms with E-state index in [1.165, 1.54) is 11.1 Å². The van der Waals surface area contributed by atoms with Crippen LogP contribution in [0.25, 0.3) is 5.57 Å². The third-order valence-electron chi connectivity index (χ3n) is 2.57. The van der Waals surface area contributed by atoms with E-state index in [-0.39, 0.29) is 6.04 Å². The standard InChI is InChI=1S/C12H14N2S/c1-9-11(8-14(2)12(15)13-9)10-6-4-3-5-7-10/h3-9H,1-2H3,(H,13,15)/t9-/m0/s1. The molecule has 78 valence electrons. The Morgan fingerprint density at radius 2 is 1.93 bits per heavy atom. The summed E-state index contributed by atoms with van der Waals surface area (Å²) in [5.41, 5.74) is 2.51. The first-order chi connectivity index (χ1) is 7.18. The van der Waals surface area contributed by atoms with Crippen LogP contribution < -0.4 is 5.32 Å². The number of rotatable bonds is 1. The van der Waals surface area contributed by atoms with Crippen LogP contribution in [0.3, 0.4) is 0 Å². The monoisotopic (exact) mass is 218 g/mol. The van der Waals surface area contributed by atoms with Crippen LogP contribution in [0.4, 0.5) is 0 Å². The maximum Gasteiger partial charge on any atom is 0.173 e. The zero-order valence-corrected chi connectivity index (χ0v) is 9.71. The molecule has 1 N–H and O–H groups in total. The normalized spacial score (nSPS) is 20.9. The molecular formula is C12H14N2S. The van der Waals surface area contributed by atoms with E-state index in [4.69, 9.17) is 12.2 Å². The van der Waals surface area contributed by atoms with Gasteiger partial charge in [0, 0.05) is 13.2 Å². The van der Waals surface area contributed by atoms with Crippen molar-refractivity contribution >= 4 is 22.9 Å². The Morgan fingerprint density at radius 1 is 1.27 bits per heavy atom. The van der Waals surface area contributed by atoms with E-state index < -0.39 is 0 Å². The van der Waals surface area contributed by atoms with Crippen LogP contribution in [0.15, 0.2) is 36.5 Å². The van der Waals surface area contributed by atoms with Crippen molar-refractivity contribution in [2.75, 3.05) is 7.05 Å². The number of benzene rings is 1. The summed E-state index contributed by atoms with van der Waals surface area (Å²) in [5, 5.41) is 4.05. The van der Waals surface area contributed by atoms with Crippen LogP contribution in [0.2, 0.25) is 0 Å². The number of hydrogen-bond donors (Lipinski definition) is 1. The van der Waals surface area contributed by atoms with Gasteiger partial charge in [0.05, 0.1) is 6.04 Å². The summed E-state index contributed by atoms with van der Waals surface area (Å²) in [5.74, 6) is 0. The largest absolute Gasteiger partial charge is 0.356 e. The minimum atomic E-state index is 0.274. The van der Waals surface area contributed by atoms with Crippen LogP contribution >= 0.6 is 12.2 Å². The molecule has 0 unspecified atom stereocenters. The second-order valence-corrected chi connectivity index (χ2v) is 4.12. The van der Waals surface area contributed by atoms with Crippen molar-refractivity contribution in [2.45, 2.75) is 13.0 Å². The highest BCUT2D eigenvalue weighted by Crippen LogP contribution is 2.21. The highest BCUT2D eigenvalue weighted by Gasteiger charge is 2.19. The molecule has 0 fully saturated rings. The number of hydrogen-bond acceptors (Lipinski definition) is 1. The SMILES string of the molecule is C[C@@H]1NC(=S)N(C)C=C1c1ccccc1. The maximum atomic E-state index is 5.18. The smallest absolute Gasteiger partial charge is 0.173 e. The van der Waals surface area contributed by atoms with E-state index in [0.29, 0.717) is 0 Å². The molecule has 1 aliphatic rings. The molecule has 0 amide bonds. The van der Waals surface area contributed by atoms with Gasteiger partial charge in [0.15, 0.2) is 5.11 Å². The van der Waals surface area contributed by atoms with E-state index >= 15 is 0 Å². The molecule has 1 aromatic rings. The summed E-state index contributed by atoms with van der Waals surface area (Å²) in [7, 11) is 1.96. The van der Waals surface area contributed by atoms with Crippen molar-refractivity contribution in [3.8, 4) is 0 Å². The molecule has 0 aromatic heterocycles. The van der Waals surface area contributed by atoms with Crippen LogP contribution in [-0.4, -0.2) is 23.1 Å². The van der Waals surface area contributed by atoms with E-state index in [2.05, 4.69) is 42.7 Å². The third-order valence-corrected chi connectivity index (χ3v) is 2.97. The minimum absolute atomic E-state index is 0.274. The second-order valence-electron chi connectivity index (χ2n) is 3.73. The first kappa shape index (κ1) is 10.2. The second kappa shape index (κ2) is 4.03. The van der Waals surface area contributed by atoms with Crippen molar-refractivity contribution in [1.82, 2.24) is 10.2 Å². The Morgan fingerprint density at radius 3 is 2.60 bits per heavy atom. The lowest BCUT2D eigenvalue weighted by atomic mass is 9.99. The van der Waals surface area contributed by atoms with Crippen molar-refractivity contribution in [3.05, 3.63) is 42.1 Å². The van der Waals surface area contributed by atoms with E-state index in [1.54, 1.807) is 0 Å². The van der Waals surface area contributed by atoms with Crippen molar-refractivity contribution in [1.29, 1.82) is 0 Å². The van der Waals surface area contributed by atoms with E-state index in [0.717, 1.165) is 5.11 Å². The predicted molar refractivity (Wildman–Crippen MR) is 67.4 cm³/mol. The van der Waals surface area contributed by atoms with Gasteiger partial charge in [-0.25, -0.2) is 0 Å². The lowest BCUT2D eigenvalue weighted by molar-refractivity contribution is 0.613. The lowest BCUT2D eigenvalue weighted by Crippen LogP contribution is -2.44. The molecule has 1 aliphatic heterocycles. The molecule has 1 aromatic carbocycles. The average molecular weight is 218 g/mol. The molecule has 2 nitrogen and oxygen atoms in total. The zero-order chi connectivity index (χ0) is 10.8. The first-order valence-corrected chi connectivity index (χ1v) is 5.40. The average Bonchev–Trinajstić information content (AvgIpc) is 2.25. The fourth-order valence-electron chi connectivity index (χ4n) is 1.70. The van der Waals surface area contributed by atoms with Gasteiger partial charge in [0.2, 0.25) is 0 Å². The van der Waals surface area contributed by atoms with Gasteiger partial charge in [-0.05, 0) is 30.3 Å². The number of nitrogens with zero attached hydrogens (tertiary/aromatic N) is 1. The summed E-state index contributed by atoms with van der Waals surface area (Å²) in [6, 6.07) is 10.6. The molecule has 0 spiro atoms. The van der Waals surface area contributed by atoms with E-state index in [1.807, 2.05) is 18.0 Å². The molecule has 1 atom stereocenters. The highest BCUT2D eigenvalue weighted by molar-refractivity contribution is 7.80. The Balaban J connectivity index is 2.37. The molecule has 0 aliphatic carbocycles. The summed E-state index contributed by atoms with van der Waals surface area (Å²) in [6.07, 6.45) is 2.10. The van der Waals surface area contributed by atoms with Crippen molar-refractivity contribution < 1.29 is 0 Å². The zero-order valence-electron chi connectivity index (χ0n) is 8.90. The Labute approximate surface area is 95.6 Å². The van der Waals surface area contributed by atoms with Crippen LogP contribution in [0.5, 0.6) is 0 Å². The molecular weight excluding hydrogens is 204 g/mol. The van der Waals surface area contributed by atoms with Gasteiger partial charge in [0.25, 0.3) is 0 Å². The molecule has 0 saturated carbocycles. The molecule has 2 rings (SSSR count). The van der Waals surface area contributed by atoms with Crippen molar-refractivity contribution in [2.24, 2.45) is 0 Å². The molecule has 0 bridgehead atoms. The quantitative estimate of drug-likeness (QED) is 0.728. The highest BCUT2D eigenvalue weighted by atomic mass is 32.1. The summed E-state index contributed by atoms with van der Waals surface area (Å²) >= 11 is 5.18. The fourth-order valence-corrected chi connectivity index (χ4v) is 1.93. The van der Waals surface area contributed by atoms with Crippen LogP contribution in [-0.2, 0) is 0 Å². The molecule has 3 heteroatoms. The van der Waals surface area contributed by atoms with Gasteiger partial charge in [-0.3, -0.25) is 0 Å². The number of thiocarbonyl (C=S) groups is 1. The van der Waals surface area contributed by atoms with Gasteiger partial charge in [-0.15, -0.1) is 0 Å². The Bertz CT molecular complexity index is 397. The Hall–Kier alpha value is -1.35. The third kappa shape index (κ3) is 2.02. The van der Waals surface area contributed by atoms with Gasteiger partial charge < -0.3 is 10.2 Å². The maximum absolute atomic E-state index is 5.18. The summed E-state index contributed by atoms with van der Waals surface area (Å²) < 4.78 is 0. The molecule has 1 heterocycles.